The lowest BCUT2D eigenvalue weighted by atomic mass is 10.0. The predicted molar refractivity (Wildman–Crippen MR) is 141 cm³/mol. The van der Waals surface area contributed by atoms with Crippen LogP contribution in [0.1, 0.15) is 15.9 Å². The highest BCUT2D eigenvalue weighted by Gasteiger charge is 2.32. The standard InChI is InChI=1S/C29H20F3N3O5/c1-40-20-11-9-19(10-12-20)35-24-15-18(29(30,31)32)8-13-22(24)25(27(35)37)34-33-23-7-3-6-21(26(23)36)16-4-2-5-17(14-16)28(38)39/h2-15,36-37H,1H3,(H,38,39). The second-order valence-electron chi connectivity index (χ2n) is 8.69. The van der Waals surface area contributed by atoms with E-state index < -0.39 is 23.6 Å². The van der Waals surface area contributed by atoms with Crippen LogP contribution in [0.25, 0.3) is 27.7 Å². The van der Waals surface area contributed by atoms with Crippen molar-refractivity contribution >= 4 is 28.2 Å². The topological polar surface area (TPSA) is 117 Å². The van der Waals surface area contributed by atoms with E-state index in [-0.39, 0.29) is 33.6 Å². The van der Waals surface area contributed by atoms with Gasteiger partial charge in [0.05, 0.1) is 23.8 Å². The summed E-state index contributed by atoms with van der Waals surface area (Å²) in [5.41, 5.74) is 0.102. The highest BCUT2D eigenvalue weighted by Crippen LogP contribution is 2.45. The Morgan fingerprint density at radius 1 is 0.900 bits per heavy atom. The maximum absolute atomic E-state index is 13.5. The SMILES string of the molecule is COc1ccc(-n2c(O)c(N=Nc3cccc(-c4cccc(C(=O)O)c4)c3O)c3ccc(C(F)(F)F)cc32)cc1. The number of carboxylic acid groups (broad SMARTS) is 1. The van der Waals surface area contributed by atoms with Crippen molar-refractivity contribution in [2.75, 3.05) is 7.11 Å². The van der Waals surface area contributed by atoms with Crippen molar-refractivity contribution in [3.05, 3.63) is 96.1 Å². The highest BCUT2D eigenvalue weighted by molar-refractivity contribution is 5.97. The zero-order valence-corrected chi connectivity index (χ0v) is 20.7. The minimum atomic E-state index is -4.62. The summed E-state index contributed by atoms with van der Waals surface area (Å²) < 4.78 is 46.9. The van der Waals surface area contributed by atoms with E-state index in [0.29, 0.717) is 22.6 Å². The first-order valence-corrected chi connectivity index (χ1v) is 11.7. The third-order valence-corrected chi connectivity index (χ3v) is 6.27. The summed E-state index contributed by atoms with van der Waals surface area (Å²) in [6.07, 6.45) is -4.62. The number of rotatable bonds is 6. The molecular formula is C29H20F3N3O5. The van der Waals surface area contributed by atoms with E-state index in [0.717, 1.165) is 12.1 Å². The van der Waals surface area contributed by atoms with Crippen molar-refractivity contribution in [3.8, 4) is 34.2 Å². The zero-order chi connectivity index (χ0) is 28.6. The molecule has 5 rings (SSSR count). The Kier molecular flexibility index (Phi) is 6.64. The summed E-state index contributed by atoms with van der Waals surface area (Å²) in [6, 6.07) is 19.9. The van der Waals surface area contributed by atoms with Crippen LogP contribution in [-0.4, -0.2) is 33.0 Å². The Morgan fingerprint density at radius 2 is 1.62 bits per heavy atom. The number of halogens is 3. The molecule has 8 nitrogen and oxygen atoms in total. The van der Waals surface area contributed by atoms with Crippen LogP contribution in [0.15, 0.2) is 95.2 Å². The molecule has 0 amide bonds. The van der Waals surface area contributed by atoms with Gasteiger partial charge in [-0.3, -0.25) is 4.57 Å². The highest BCUT2D eigenvalue weighted by atomic mass is 19.4. The van der Waals surface area contributed by atoms with Gasteiger partial charge < -0.3 is 20.1 Å². The van der Waals surface area contributed by atoms with Gasteiger partial charge in [-0.25, -0.2) is 4.79 Å². The monoisotopic (exact) mass is 547 g/mol. The van der Waals surface area contributed by atoms with E-state index in [2.05, 4.69) is 10.2 Å². The number of ether oxygens (including phenoxy) is 1. The molecule has 0 fully saturated rings. The van der Waals surface area contributed by atoms with Gasteiger partial charge in [-0.1, -0.05) is 24.3 Å². The summed E-state index contributed by atoms with van der Waals surface area (Å²) in [7, 11) is 1.47. The van der Waals surface area contributed by atoms with Crippen LogP contribution in [0.4, 0.5) is 24.5 Å². The largest absolute Gasteiger partial charge is 0.505 e. The summed E-state index contributed by atoms with van der Waals surface area (Å²) >= 11 is 0. The van der Waals surface area contributed by atoms with Gasteiger partial charge in [-0.05, 0) is 66.2 Å². The number of para-hydroxylation sites is 1. The van der Waals surface area contributed by atoms with Gasteiger partial charge in [0.1, 0.15) is 11.4 Å². The van der Waals surface area contributed by atoms with E-state index in [4.69, 9.17) is 4.74 Å². The Morgan fingerprint density at radius 3 is 2.30 bits per heavy atom. The number of fused-ring (bicyclic) bond motifs is 1. The molecule has 1 heterocycles. The lowest BCUT2D eigenvalue weighted by molar-refractivity contribution is -0.137. The van der Waals surface area contributed by atoms with Crippen LogP contribution in [0.5, 0.6) is 17.4 Å². The van der Waals surface area contributed by atoms with Crippen molar-refractivity contribution in [1.82, 2.24) is 4.57 Å². The van der Waals surface area contributed by atoms with Gasteiger partial charge in [0, 0.05) is 16.6 Å². The van der Waals surface area contributed by atoms with Crippen LogP contribution >= 0.6 is 0 Å². The molecule has 0 saturated heterocycles. The first-order valence-electron chi connectivity index (χ1n) is 11.7. The fourth-order valence-corrected chi connectivity index (χ4v) is 4.29. The molecule has 0 aliphatic rings. The van der Waals surface area contributed by atoms with E-state index in [1.165, 1.54) is 42.0 Å². The third-order valence-electron chi connectivity index (χ3n) is 6.27. The molecule has 4 aromatic carbocycles. The number of carboxylic acids is 1. The normalized spacial score (nSPS) is 11.8. The van der Waals surface area contributed by atoms with E-state index in [9.17, 15) is 33.3 Å². The van der Waals surface area contributed by atoms with Gasteiger partial charge >= 0.3 is 12.1 Å². The zero-order valence-electron chi connectivity index (χ0n) is 20.7. The molecule has 40 heavy (non-hydrogen) atoms. The number of hydrogen-bond donors (Lipinski definition) is 3. The molecule has 5 aromatic rings. The van der Waals surface area contributed by atoms with Crippen LogP contribution < -0.4 is 4.74 Å². The van der Waals surface area contributed by atoms with E-state index in [1.54, 1.807) is 42.5 Å². The number of benzene rings is 4. The van der Waals surface area contributed by atoms with Gasteiger partial charge in [-0.15, -0.1) is 10.2 Å². The first kappa shape index (κ1) is 26.3. The summed E-state index contributed by atoms with van der Waals surface area (Å²) in [4.78, 5) is 11.4. The number of aromatic carboxylic acids is 1. The van der Waals surface area contributed by atoms with Crippen molar-refractivity contribution in [2.24, 2.45) is 10.2 Å². The van der Waals surface area contributed by atoms with Crippen LogP contribution in [-0.2, 0) is 6.18 Å². The number of methoxy groups -OCH3 is 1. The second-order valence-corrected chi connectivity index (χ2v) is 8.69. The number of aromatic hydroxyl groups is 2. The average Bonchev–Trinajstić information content (AvgIpc) is 3.22. The molecule has 0 radical (unpaired) electrons. The number of phenols is 1. The summed E-state index contributed by atoms with van der Waals surface area (Å²) in [5, 5.41) is 39.7. The van der Waals surface area contributed by atoms with E-state index >= 15 is 0 Å². The molecule has 0 aliphatic carbocycles. The maximum Gasteiger partial charge on any atom is 0.416 e. The average molecular weight is 547 g/mol. The molecule has 0 saturated carbocycles. The maximum atomic E-state index is 13.5. The predicted octanol–water partition coefficient (Wildman–Crippen LogP) is 7.85. The Labute approximate surface area is 224 Å². The number of carbonyl (C=O) groups is 1. The molecule has 0 atom stereocenters. The molecule has 202 valence electrons. The van der Waals surface area contributed by atoms with Crippen LogP contribution in [0.2, 0.25) is 0 Å². The van der Waals surface area contributed by atoms with Gasteiger partial charge in [0.2, 0.25) is 5.88 Å². The van der Waals surface area contributed by atoms with Crippen LogP contribution in [0, 0.1) is 0 Å². The molecule has 0 unspecified atom stereocenters. The summed E-state index contributed by atoms with van der Waals surface area (Å²) in [5.74, 6) is -1.38. The van der Waals surface area contributed by atoms with Crippen molar-refractivity contribution in [2.45, 2.75) is 6.18 Å². The summed E-state index contributed by atoms with van der Waals surface area (Å²) in [6.45, 7) is 0. The number of phenolic OH excluding ortho intramolecular Hbond substituents is 1. The smallest absolute Gasteiger partial charge is 0.416 e. The number of aromatic nitrogens is 1. The third kappa shape index (κ3) is 4.80. The minimum Gasteiger partial charge on any atom is -0.505 e. The van der Waals surface area contributed by atoms with E-state index in [1.807, 2.05) is 0 Å². The molecule has 0 bridgehead atoms. The number of nitrogens with zero attached hydrogens (tertiary/aromatic N) is 3. The molecule has 3 N–H and O–H groups in total. The molecule has 0 spiro atoms. The quantitative estimate of drug-likeness (QED) is 0.187. The number of hydrogen-bond acceptors (Lipinski definition) is 6. The molecular weight excluding hydrogens is 527 g/mol. The minimum absolute atomic E-state index is 0.00473. The Hall–Kier alpha value is -5.32. The van der Waals surface area contributed by atoms with Crippen molar-refractivity contribution in [3.63, 3.8) is 0 Å². The van der Waals surface area contributed by atoms with Crippen molar-refractivity contribution in [1.29, 1.82) is 0 Å². The van der Waals surface area contributed by atoms with Crippen LogP contribution in [0.3, 0.4) is 0 Å². The lowest BCUT2D eigenvalue weighted by Gasteiger charge is -2.10. The fourth-order valence-electron chi connectivity index (χ4n) is 4.29. The van der Waals surface area contributed by atoms with Gasteiger partial charge in [0.25, 0.3) is 0 Å². The molecule has 11 heteroatoms. The molecule has 0 aliphatic heterocycles. The lowest BCUT2D eigenvalue weighted by Crippen LogP contribution is -2.05. The molecule has 1 aromatic heterocycles. The number of alkyl halides is 3. The van der Waals surface area contributed by atoms with Gasteiger partial charge in [-0.2, -0.15) is 13.2 Å². The fraction of sp³-hybridized carbons (Fsp3) is 0.0690. The Bertz CT molecular complexity index is 1780. The first-order chi connectivity index (χ1) is 19.1. The second kappa shape index (κ2) is 10.1. The van der Waals surface area contributed by atoms with Crippen molar-refractivity contribution < 1.29 is 38.0 Å². The number of azo groups is 1. The Balaban J connectivity index is 1.64. The van der Waals surface area contributed by atoms with Gasteiger partial charge in [0.15, 0.2) is 11.4 Å².